The Hall–Kier alpha value is -3.45. The number of halogens is 1. The molecule has 0 radical (unpaired) electrons. The molecule has 8 heteroatoms. The number of rotatable bonds is 6. The van der Waals surface area contributed by atoms with Gasteiger partial charge in [0.25, 0.3) is 0 Å². The zero-order valence-electron chi connectivity index (χ0n) is 16.1. The predicted molar refractivity (Wildman–Crippen MR) is 111 cm³/mol. The molecule has 0 bridgehead atoms. The number of carbonyl (C=O) groups is 2. The maximum atomic E-state index is 12.0. The van der Waals surface area contributed by atoms with Crippen molar-refractivity contribution in [2.24, 2.45) is 0 Å². The van der Waals surface area contributed by atoms with Crippen molar-refractivity contribution in [2.75, 3.05) is 6.54 Å². The number of nitrogens with zero attached hydrogens (tertiary/aromatic N) is 2. The summed E-state index contributed by atoms with van der Waals surface area (Å²) in [5.41, 5.74) is 2.29. The minimum absolute atomic E-state index is 0.138. The lowest BCUT2D eigenvalue weighted by atomic mass is 10.0. The van der Waals surface area contributed by atoms with Gasteiger partial charge in [0, 0.05) is 36.7 Å². The van der Waals surface area contributed by atoms with E-state index in [9.17, 15) is 9.59 Å². The van der Waals surface area contributed by atoms with Gasteiger partial charge in [0.2, 0.25) is 5.91 Å². The summed E-state index contributed by atoms with van der Waals surface area (Å²) in [6, 6.07) is 10.6. The van der Waals surface area contributed by atoms with Crippen LogP contribution in [0.1, 0.15) is 28.7 Å². The second-order valence-electron chi connectivity index (χ2n) is 6.84. The molecule has 4 rings (SSSR count). The van der Waals surface area contributed by atoms with Gasteiger partial charge < -0.3 is 14.5 Å². The average Bonchev–Trinajstić information content (AvgIpc) is 3.39. The second-order valence-corrected chi connectivity index (χ2v) is 7.24. The molecule has 1 unspecified atom stereocenters. The molecule has 0 saturated heterocycles. The minimum Gasteiger partial charge on any atom is -0.486 e. The van der Waals surface area contributed by atoms with Crippen LogP contribution in [-0.2, 0) is 11.2 Å². The van der Waals surface area contributed by atoms with Crippen molar-refractivity contribution >= 4 is 29.4 Å². The number of ether oxygens (including phenoxy) is 1. The van der Waals surface area contributed by atoms with E-state index >= 15 is 0 Å². The zero-order chi connectivity index (χ0) is 21.1. The van der Waals surface area contributed by atoms with E-state index in [-0.39, 0.29) is 17.8 Å². The highest BCUT2D eigenvalue weighted by atomic mass is 35.5. The molecule has 2 aromatic heterocycles. The normalized spacial score (nSPS) is 15.1. The van der Waals surface area contributed by atoms with Crippen molar-refractivity contribution < 1.29 is 18.7 Å². The van der Waals surface area contributed by atoms with E-state index in [1.54, 1.807) is 42.6 Å². The van der Waals surface area contributed by atoms with Gasteiger partial charge in [-0.05, 0) is 42.5 Å². The third-order valence-corrected chi connectivity index (χ3v) is 4.87. The molecule has 152 valence electrons. The van der Waals surface area contributed by atoms with Crippen molar-refractivity contribution in [2.45, 2.75) is 19.4 Å². The summed E-state index contributed by atoms with van der Waals surface area (Å²) < 4.78 is 11.5. The zero-order valence-corrected chi connectivity index (χ0v) is 16.8. The third kappa shape index (κ3) is 4.41. The highest BCUT2D eigenvalue weighted by molar-refractivity contribution is 6.32. The Morgan fingerprint density at radius 2 is 2.17 bits per heavy atom. The lowest BCUT2D eigenvalue weighted by molar-refractivity contribution is -0.116. The molecule has 1 aliphatic rings. The topological polar surface area (TPSA) is 94.3 Å². The van der Waals surface area contributed by atoms with Gasteiger partial charge in [-0.3, -0.25) is 9.59 Å². The predicted octanol–water partition coefficient (Wildman–Crippen LogP) is 3.73. The van der Waals surface area contributed by atoms with Gasteiger partial charge >= 0.3 is 0 Å². The first-order valence-electron chi connectivity index (χ1n) is 9.33. The lowest BCUT2D eigenvalue weighted by Gasteiger charge is -2.11. The summed E-state index contributed by atoms with van der Waals surface area (Å²) in [5, 5.41) is 10.9. The van der Waals surface area contributed by atoms with Gasteiger partial charge in [0.05, 0.1) is 17.3 Å². The first kappa shape index (κ1) is 19.8. The number of benzene rings is 1. The van der Waals surface area contributed by atoms with Crippen molar-refractivity contribution in [1.82, 2.24) is 15.5 Å². The quantitative estimate of drug-likeness (QED) is 0.479. The number of carbonyl (C=O) groups excluding carboxylic acids is 2. The van der Waals surface area contributed by atoms with Gasteiger partial charge in [0.15, 0.2) is 11.5 Å². The number of hydrogen-bond acceptors (Lipinski definition) is 6. The fourth-order valence-electron chi connectivity index (χ4n) is 3.16. The molecule has 1 N–H and O–H groups in total. The number of fused-ring (bicyclic) bond motifs is 1. The highest BCUT2D eigenvalue weighted by Crippen LogP contribution is 2.39. The van der Waals surface area contributed by atoms with Crippen LogP contribution in [0.3, 0.4) is 0 Å². The summed E-state index contributed by atoms with van der Waals surface area (Å²) in [6.07, 6.45) is 4.93. The van der Waals surface area contributed by atoms with Crippen molar-refractivity contribution in [3.05, 3.63) is 70.7 Å². The summed E-state index contributed by atoms with van der Waals surface area (Å²) >= 11 is 6.39. The van der Waals surface area contributed by atoms with E-state index in [0.29, 0.717) is 41.0 Å². The van der Waals surface area contributed by atoms with Gasteiger partial charge in [-0.15, -0.1) is 0 Å². The third-order valence-electron chi connectivity index (χ3n) is 4.59. The Labute approximate surface area is 177 Å². The number of hydrogen-bond donors (Lipinski definition) is 1. The minimum atomic E-state index is -0.251. The van der Waals surface area contributed by atoms with Crippen LogP contribution in [-0.4, -0.2) is 34.5 Å². The van der Waals surface area contributed by atoms with E-state index in [0.717, 1.165) is 11.1 Å². The fraction of sp³-hybridized carbons (Fsp3) is 0.182. The summed E-state index contributed by atoms with van der Waals surface area (Å²) in [5.74, 6) is 1.08. The van der Waals surface area contributed by atoms with Crippen LogP contribution in [0.5, 0.6) is 5.75 Å². The molecule has 0 fully saturated rings. The van der Waals surface area contributed by atoms with Gasteiger partial charge in [0.1, 0.15) is 17.6 Å². The molecule has 0 saturated carbocycles. The van der Waals surface area contributed by atoms with Crippen LogP contribution in [0.4, 0.5) is 0 Å². The Balaban J connectivity index is 1.39. The summed E-state index contributed by atoms with van der Waals surface area (Å²) in [7, 11) is 0. The smallest absolute Gasteiger partial charge is 0.244 e. The van der Waals surface area contributed by atoms with Crippen molar-refractivity contribution in [3.8, 4) is 17.1 Å². The van der Waals surface area contributed by atoms with Gasteiger partial charge in [-0.1, -0.05) is 11.6 Å². The fourth-order valence-corrected chi connectivity index (χ4v) is 3.45. The molecule has 1 atom stereocenters. The summed E-state index contributed by atoms with van der Waals surface area (Å²) in [4.78, 5) is 23.5. The monoisotopic (exact) mass is 423 g/mol. The second kappa shape index (κ2) is 8.51. The van der Waals surface area contributed by atoms with Crippen LogP contribution in [0.2, 0.25) is 5.02 Å². The first-order valence-corrected chi connectivity index (χ1v) is 9.71. The lowest BCUT2D eigenvalue weighted by Crippen LogP contribution is -2.33. The summed E-state index contributed by atoms with van der Waals surface area (Å²) in [6.45, 7) is 1.78. The number of aromatic nitrogens is 2. The highest BCUT2D eigenvalue weighted by Gasteiger charge is 2.26. The number of Topliss-reactive ketones (excluding diaryl/α,β-unsaturated/α-hetero) is 1. The number of furan rings is 1. The van der Waals surface area contributed by atoms with Crippen molar-refractivity contribution in [1.29, 1.82) is 0 Å². The van der Waals surface area contributed by atoms with E-state index in [1.807, 2.05) is 6.07 Å². The van der Waals surface area contributed by atoms with Crippen LogP contribution >= 0.6 is 11.6 Å². The van der Waals surface area contributed by atoms with Crippen LogP contribution < -0.4 is 10.1 Å². The maximum Gasteiger partial charge on any atom is 0.244 e. The van der Waals surface area contributed by atoms with Crippen LogP contribution in [0.25, 0.3) is 17.4 Å². The molecule has 3 aromatic rings. The molecule has 30 heavy (non-hydrogen) atoms. The SMILES string of the molecule is CC(=O)c1ccc(-c2cc(Cl)c3c(c2)CC(CNC(=O)C=Cc2cccnn2)O3)o1. The molecule has 1 aromatic carbocycles. The molecular weight excluding hydrogens is 406 g/mol. The van der Waals surface area contributed by atoms with Crippen LogP contribution in [0.15, 0.2) is 53.1 Å². The average molecular weight is 424 g/mol. The van der Waals surface area contributed by atoms with E-state index in [1.165, 1.54) is 13.0 Å². The Kier molecular flexibility index (Phi) is 5.63. The number of nitrogens with one attached hydrogen (secondary N) is 1. The Morgan fingerprint density at radius 3 is 2.90 bits per heavy atom. The first-order chi connectivity index (χ1) is 14.5. The molecule has 1 amide bonds. The Bertz CT molecular complexity index is 1120. The maximum absolute atomic E-state index is 12.0. The largest absolute Gasteiger partial charge is 0.486 e. The van der Waals surface area contributed by atoms with Crippen molar-refractivity contribution in [3.63, 3.8) is 0 Å². The van der Waals surface area contributed by atoms with Gasteiger partial charge in [-0.25, -0.2) is 0 Å². The molecule has 3 heterocycles. The molecule has 1 aliphatic heterocycles. The van der Waals surface area contributed by atoms with E-state index in [2.05, 4.69) is 15.5 Å². The molecule has 0 aliphatic carbocycles. The van der Waals surface area contributed by atoms with Gasteiger partial charge in [-0.2, -0.15) is 10.2 Å². The van der Waals surface area contributed by atoms with Crippen LogP contribution in [0, 0.1) is 0 Å². The number of ketones is 1. The molecule has 0 spiro atoms. The standard InChI is InChI=1S/C22H18ClN3O4/c1-13(27)19-5-6-20(30-19)14-9-15-10-17(29-22(15)18(23)11-14)12-24-21(28)7-4-16-3-2-8-25-26-16/h2-9,11,17H,10,12H2,1H3,(H,24,28). The van der Waals surface area contributed by atoms with E-state index < -0.39 is 0 Å². The molecular formula is C22H18ClN3O4. The Morgan fingerprint density at radius 1 is 1.30 bits per heavy atom. The van der Waals surface area contributed by atoms with E-state index in [4.69, 9.17) is 20.8 Å². The number of amides is 1. The molecule has 7 nitrogen and oxygen atoms in total.